The molecule has 4 heteroatoms. The SMILES string of the molecule is Cc1ccc(O)c(C(=O)N(C)c2ccc(N)cc2)c1. The van der Waals surface area contributed by atoms with Crippen molar-refractivity contribution in [2.24, 2.45) is 0 Å². The van der Waals surface area contributed by atoms with Gasteiger partial charge in [0.1, 0.15) is 5.75 Å². The van der Waals surface area contributed by atoms with Crippen molar-refractivity contribution in [3.63, 3.8) is 0 Å². The average Bonchev–Trinajstić information content (AvgIpc) is 2.41. The molecule has 0 saturated carbocycles. The summed E-state index contributed by atoms with van der Waals surface area (Å²) in [7, 11) is 1.66. The lowest BCUT2D eigenvalue weighted by Crippen LogP contribution is -2.26. The number of nitrogen functional groups attached to an aromatic ring is 1. The molecule has 4 nitrogen and oxygen atoms in total. The molecule has 2 rings (SSSR count). The number of amides is 1. The second kappa shape index (κ2) is 5.02. The first-order valence-electron chi connectivity index (χ1n) is 5.92. The van der Waals surface area contributed by atoms with E-state index in [0.29, 0.717) is 11.3 Å². The fourth-order valence-corrected chi connectivity index (χ4v) is 1.82. The summed E-state index contributed by atoms with van der Waals surface area (Å²) in [6.45, 7) is 1.87. The Balaban J connectivity index is 2.33. The summed E-state index contributed by atoms with van der Waals surface area (Å²) in [5, 5.41) is 9.78. The fraction of sp³-hybridized carbons (Fsp3) is 0.133. The predicted octanol–water partition coefficient (Wildman–Crippen LogP) is 2.56. The van der Waals surface area contributed by atoms with E-state index < -0.39 is 0 Å². The number of phenols is 1. The lowest BCUT2D eigenvalue weighted by atomic mass is 10.1. The number of carbonyl (C=O) groups excluding carboxylic acids is 1. The minimum atomic E-state index is -0.258. The number of aryl methyl sites for hydroxylation is 1. The van der Waals surface area contributed by atoms with E-state index in [0.717, 1.165) is 11.3 Å². The molecule has 98 valence electrons. The summed E-state index contributed by atoms with van der Waals surface area (Å²) in [6.07, 6.45) is 0. The van der Waals surface area contributed by atoms with Crippen LogP contribution in [0.2, 0.25) is 0 Å². The Morgan fingerprint density at radius 2 is 1.79 bits per heavy atom. The first-order valence-corrected chi connectivity index (χ1v) is 5.92. The van der Waals surface area contributed by atoms with Crippen LogP contribution in [0.4, 0.5) is 11.4 Å². The van der Waals surface area contributed by atoms with E-state index in [1.807, 2.05) is 6.92 Å². The minimum absolute atomic E-state index is 0.0158. The molecule has 19 heavy (non-hydrogen) atoms. The van der Waals surface area contributed by atoms with Crippen LogP contribution in [0.15, 0.2) is 42.5 Å². The van der Waals surface area contributed by atoms with Gasteiger partial charge in [-0.2, -0.15) is 0 Å². The highest BCUT2D eigenvalue weighted by atomic mass is 16.3. The van der Waals surface area contributed by atoms with Crippen LogP contribution in [0.3, 0.4) is 0 Å². The third kappa shape index (κ3) is 2.68. The molecule has 0 atom stereocenters. The molecule has 0 heterocycles. The van der Waals surface area contributed by atoms with E-state index in [4.69, 9.17) is 5.73 Å². The van der Waals surface area contributed by atoms with Crippen LogP contribution in [0.25, 0.3) is 0 Å². The number of nitrogens with two attached hydrogens (primary N) is 1. The zero-order chi connectivity index (χ0) is 14.0. The number of nitrogens with zero attached hydrogens (tertiary/aromatic N) is 1. The lowest BCUT2D eigenvalue weighted by Gasteiger charge is -2.18. The Labute approximate surface area is 112 Å². The van der Waals surface area contributed by atoms with Crippen LogP contribution >= 0.6 is 0 Å². The largest absolute Gasteiger partial charge is 0.507 e. The molecule has 1 amide bonds. The van der Waals surface area contributed by atoms with Gasteiger partial charge in [0.25, 0.3) is 5.91 Å². The monoisotopic (exact) mass is 256 g/mol. The Morgan fingerprint density at radius 3 is 2.42 bits per heavy atom. The highest BCUT2D eigenvalue weighted by Crippen LogP contribution is 2.23. The molecule has 0 aliphatic heterocycles. The van der Waals surface area contributed by atoms with Crippen LogP contribution < -0.4 is 10.6 Å². The Hall–Kier alpha value is -2.49. The standard InChI is InChI=1S/C15H16N2O2/c1-10-3-8-14(18)13(9-10)15(19)17(2)12-6-4-11(16)5-7-12/h3-9,18H,16H2,1-2H3. The first kappa shape index (κ1) is 13.0. The Morgan fingerprint density at radius 1 is 1.16 bits per heavy atom. The predicted molar refractivity (Wildman–Crippen MR) is 76.4 cm³/mol. The van der Waals surface area contributed by atoms with Gasteiger partial charge in [-0.25, -0.2) is 0 Å². The van der Waals surface area contributed by atoms with Gasteiger partial charge in [0, 0.05) is 18.4 Å². The Bertz CT molecular complexity index is 606. The highest BCUT2D eigenvalue weighted by Gasteiger charge is 2.17. The van der Waals surface area contributed by atoms with Crippen molar-refractivity contribution < 1.29 is 9.90 Å². The maximum atomic E-state index is 12.3. The molecule has 0 fully saturated rings. The minimum Gasteiger partial charge on any atom is -0.507 e. The van der Waals surface area contributed by atoms with Crippen LogP contribution in [0.1, 0.15) is 15.9 Å². The Kier molecular flexibility index (Phi) is 3.42. The second-order valence-corrected chi connectivity index (χ2v) is 4.48. The van der Waals surface area contributed by atoms with Crippen molar-refractivity contribution in [1.82, 2.24) is 0 Å². The normalized spacial score (nSPS) is 10.2. The van der Waals surface area contributed by atoms with Gasteiger partial charge in [0.15, 0.2) is 0 Å². The molecule has 0 saturated heterocycles. The van der Waals surface area contributed by atoms with Crippen LogP contribution in [0, 0.1) is 6.92 Å². The van der Waals surface area contributed by atoms with E-state index in [-0.39, 0.29) is 11.7 Å². The van der Waals surface area contributed by atoms with Crippen molar-refractivity contribution in [2.45, 2.75) is 6.92 Å². The molecule has 2 aromatic carbocycles. The number of aromatic hydroxyl groups is 1. The zero-order valence-corrected chi connectivity index (χ0v) is 10.9. The molecule has 0 unspecified atom stereocenters. The number of phenolic OH excluding ortho intramolecular Hbond substituents is 1. The molecule has 0 aromatic heterocycles. The maximum Gasteiger partial charge on any atom is 0.261 e. The number of benzene rings is 2. The van der Waals surface area contributed by atoms with E-state index in [1.54, 1.807) is 43.4 Å². The van der Waals surface area contributed by atoms with Gasteiger partial charge >= 0.3 is 0 Å². The van der Waals surface area contributed by atoms with Gasteiger partial charge in [-0.1, -0.05) is 11.6 Å². The number of carbonyl (C=O) groups is 1. The summed E-state index contributed by atoms with van der Waals surface area (Å²) in [5.74, 6) is -0.274. The summed E-state index contributed by atoms with van der Waals surface area (Å²) >= 11 is 0. The van der Waals surface area contributed by atoms with Crippen molar-refractivity contribution in [2.75, 3.05) is 17.7 Å². The molecular formula is C15H16N2O2. The van der Waals surface area contributed by atoms with Crippen molar-refractivity contribution in [3.8, 4) is 5.75 Å². The van der Waals surface area contributed by atoms with E-state index >= 15 is 0 Å². The third-order valence-corrected chi connectivity index (χ3v) is 2.97. The summed E-state index contributed by atoms with van der Waals surface area (Å²) in [4.78, 5) is 13.8. The molecule has 0 radical (unpaired) electrons. The molecule has 0 bridgehead atoms. The summed E-state index contributed by atoms with van der Waals surface area (Å²) < 4.78 is 0. The number of hydrogen-bond acceptors (Lipinski definition) is 3. The van der Waals surface area contributed by atoms with E-state index in [2.05, 4.69) is 0 Å². The number of hydrogen-bond donors (Lipinski definition) is 2. The molecule has 2 aromatic rings. The van der Waals surface area contributed by atoms with Crippen LogP contribution in [0.5, 0.6) is 5.75 Å². The molecule has 3 N–H and O–H groups in total. The van der Waals surface area contributed by atoms with Crippen molar-refractivity contribution in [1.29, 1.82) is 0 Å². The first-order chi connectivity index (χ1) is 8.99. The quantitative estimate of drug-likeness (QED) is 0.811. The van der Waals surface area contributed by atoms with E-state index in [1.165, 1.54) is 11.0 Å². The van der Waals surface area contributed by atoms with Crippen molar-refractivity contribution in [3.05, 3.63) is 53.6 Å². The molecule has 0 aliphatic carbocycles. The molecule has 0 aliphatic rings. The summed E-state index contributed by atoms with van der Waals surface area (Å²) in [5.41, 5.74) is 8.19. The highest BCUT2D eigenvalue weighted by molar-refractivity contribution is 6.07. The molecular weight excluding hydrogens is 240 g/mol. The van der Waals surface area contributed by atoms with Gasteiger partial charge in [0.05, 0.1) is 5.56 Å². The van der Waals surface area contributed by atoms with Crippen LogP contribution in [-0.4, -0.2) is 18.1 Å². The van der Waals surface area contributed by atoms with Gasteiger partial charge in [-0.15, -0.1) is 0 Å². The fourth-order valence-electron chi connectivity index (χ4n) is 1.82. The topological polar surface area (TPSA) is 66.6 Å². The average molecular weight is 256 g/mol. The van der Waals surface area contributed by atoms with Crippen LogP contribution in [-0.2, 0) is 0 Å². The third-order valence-electron chi connectivity index (χ3n) is 2.97. The van der Waals surface area contributed by atoms with Gasteiger partial charge in [0.2, 0.25) is 0 Å². The summed E-state index contributed by atoms with van der Waals surface area (Å²) in [6, 6.07) is 11.9. The second-order valence-electron chi connectivity index (χ2n) is 4.48. The van der Waals surface area contributed by atoms with E-state index in [9.17, 15) is 9.90 Å². The molecule has 0 spiro atoms. The maximum absolute atomic E-state index is 12.3. The zero-order valence-electron chi connectivity index (χ0n) is 10.9. The van der Waals surface area contributed by atoms with Crippen molar-refractivity contribution >= 4 is 17.3 Å². The lowest BCUT2D eigenvalue weighted by molar-refractivity contribution is 0.0990. The van der Waals surface area contributed by atoms with Gasteiger partial charge in [-0.05, 0) is 43.3 Å². The number of rotatable bonds is 2. The number of anilines is 2. The smallest absolute Gasteiger partial charge is 0.261 e. The van der Waals surface area contributed by atoms with Gasteiger partial charge < -0.3 is 15.7 Å². The van der Waals surface area contributed by atoms with Gasteiger partial charge in [-0.3, -0.25) is 4.79 Å².